The molecule has 0 spiro atoms. The van der Waals surface area contributed by atoms with Crippen LogP contribution in [-0.4, -0.2) is 18.1 Å². The predicted molar refractivity (Wildman–Crippen MR) is 62.8 cm³/mol. The molecule has 0 aromatic heterocycles. The van der Waals surface area contributed by atoms with Gasteiger partial charge < -0.3 is 10.1 Å². The van der Waals surface area contributed by atoms with Crippen molar-refractivity contribution in [2.75, 3.05) is 6.54 Å². The Morgan fingerprint density at radius 1 is 1.50 bits per heavy atom. The molecular formula is C13H21NO2. The van der Waals surface area contributed by atoms with E-state index >= 15 is 0 Å². The zero-order chi connectivity index (χ0) is 11.8. The van der Waals surface area contributed by atoms with Crippen molar-refractivity contribution in [2.24, 2.45) is 11.8 Å². The lowest BCUT2D eigenvalue weighted by Crippen LogP contribution is -2.32. The van der Waals surface area contributed by atoms with Gasteiger partial charge in [-0.3, -0.25) is 4.79 Å². The first-order chi connectivity index (χ1) is 7.47. The fourth-order valence-electron chi connectivity index (χ4n) is 2.52. The number of ether oxygens (including phenoxy) is 1. The fourth-order valence-corrected chi connectivity index (χ4v) is 2.52. The summed E-state index contributed by atoms with van der Waals surface area (Å²) in [4.78, 5) is 12.0. The molecule has 0 bridgehead atoms. The number of carbonyl (C=O) groups excluding carboxylic acids is 1. The number of hydrogen-bond donors (Lipinski definition) is 1. The molecule has 1 aliphatic heterocycles. The highest BCUT2D eigenvalue weighted by atomic mass is 16.6. The zero-order valence-electron chi connectivity index (χ0n) is 10.4. The first kappa shape index (κ1) is 11.5. The van der Waals surface area contributed by atoms with Crippen LogP contribution in [0.15, 0.2) is 11.8 Å². The van der Waals surface area contributed by atoms with Crippen LogP contribution in [0.3, 0.4) is 0 Å². The summed E-state index contributed by atoms with van der Waals surface area (Å²) in [5, 5.41) is 3.34. The van der Waals surface area contributed by atoms with Crippen LogP contribution >= 0.6 is 0 Å². The Balaban J connectivity index is 2.03. The number of esters is 1. The summed E-state index contributed by atoms with van der Waals surface area (Å²) in [5.41, 5.74) is 0.889. The molecule has 0 aromatic rings. The average molecular weight is 223 g/mol. The number of rotatable bonds is 1. The average Bonchev–Trinajstić information content (AvgIpc) is 2.58. The third-order valence-corrected chi connectivity index (χ3v) is 3.20. The van der Waals surface area contributed by atoms with E-state index in [2.05, 4.69) is 11.4 Å². The molecule has 3 nitrogen and oxygen atoms in total. The summed E-state index contributed by atoms with van der Waals surface area (Å²) >= 11 is 0. The summed E-state index contributed by atoms with van der Waals surface area (Å²) in [6.07, 6.45) is 5.68. The van der Waals surface area contributed by atoms with Gasteiger partial charge in [-0.25, -0.2) is 0 Å². The van der Waals surface area contributed by atoms with Gasteiger partial charge in [-0.15, -0.1) is 0 Å². The lowest BCUT2D eigenvalue weighted by molar-refractivity contribution is -0.160. The zero-order valence-corrected chi connectivity index (χ0v) is 10.4. The molecule has 90 valence electrons. The van der Waals surface area contributed by atoms with Gasteiger partial charge in [0.25, 0.3) is 0 Å². The standard InChI is InChI=1S/C13H21NO2/c1-13(2,3)16-12(15)10-8-14-11-7-5-4-6-9(10)11/h7,9-10,14H,4-6,8H2,1-3H3. The highest BCUT2D eigenvalue weighted by Crippen LogP contribution is 2.35. The molecule has 1 heterocycles. The number of allylic oxidation sites excluding steroid dienone is 2. The minimum Gasteiger partial charge on any atom is -0.460 e. The maximum Gasteiger partial charge on any atom is 0.311 e. The SMILES string of the molecule is CC(C)(C)OC(=O)C1CNC2=CCCCC21. The summed E-state index contributed by atoms with van der Waals surface area (Å²) in [5.74, 6) is 0.352. The van der Waals surface area contributed by atoms with Crippen molar-refractivity contribution >= 4 is 5.97 Å². The van der Waals surface area contributed by atoms with Gasteiger partial charge in [-0.2, -0.15) is 0 Å². The highest BCUT2D eigenvalue weighted by molar-refractivity contribution is 5.74. The van der Waals surface area contributed by atoms with E-state index in [-0.39, 0.29) is 17.5 Å². The first-order valence-corrected chi connectivity index (χ1v) is 6.14. The molecule has 0 saturated carbocycles. The second-order valence-electron chi connectivity index (χ2n) is 5.72. The lowest BCUT2D eigenvalue weighted by Gasteiger charge is -2.25. The number of carbonyl (C=O) groups is 1. The van der Waals surface area contributed by atoms with Crippen LogP contribution in [0.25, 0.3) is 0 Å². The maximum atomic E-state index is 12.0. The van der Waals surface area contributed by atoms with E-state index in [1.807, 2.05) is 20.8 Å². The van der Waals surface area contributed by atoms with Gasteiger partial charge >= 0.3 is 5.97 Å². The van der Waals surface area contributed by atoms with Crippen LogP contribution in [-0.2, 0) is 9.53 Å². The number of fused-ring (bicyclic) bond motifs is 1. The summed E-state index contributed by atoms with van der Waals surface area (Å²) in [6, 6.07) is 0. The van der Waals surface area contributed by atoms with Crippen molar-refractivity contribution in [3.05, 3.63) is 11.8 Å². The van der Waals surface area contributed by atoms with E-state index in [1.165, 1.54) is 12.1 Å². The third kappa shape index (κ3) is 2.39. The van der Waals surface area contributed by atoms with Crippen molar-refractivity contribution in [2.45, 2.75) is 45.6 Å². The molecular weight excluding hydrogens is 202 g/mol. The van der Waals surface area contributed by atoms with Crippen LogP contribution in [0, 0.1) is 11.8 Å². The minimum absolute atomic E-state index is 0.0192. The summed E-state index contributed by atoms with van der Waals surface area (Å²) < 4.78 is 5.46. The van der Waals surface area contributed by atoms with Gasteiger partial charge in [0.2, 0.25) is 0 Å². The Hall–Kier alpha value is -0.990. The third-order valence-electron chi connectivity index (χ3n) is 3.20. The van der Waals surface area contributed by atoms with Gasteiger partial charge in [-0.05, 0) is 40.0 Å². The largest absolute Gasteiger partial charge is 0.460 e. The smallest absolute Gasteiger partial charge is 0.311 e. The van der Waals surface area contributed by atoms with Crippen LogP contribution in [0.4, 0.5) is 0 Å². The van der Waals surface area contributed by atoms with Gasteiger partial charge in [0, 0.05) is 18.2 Å². The second kappa shape index (κ2) is 4.11. The molecule has 2 aliphatic rings. The van der Waals surface area contributed by atoms with E-state index in [9.17, 15) is 4.79 Å². The molecule has 2 atom stereocenters. The number of hydrogen-bond acceptors (Lipinski definition) is 3. The van der Waals surface area contributed by atoms with Crippen molar-refractivity contribution in [1.82, 2.24) is 5.32 Å². The molecule has 0 amide bonds. The molecule has 1 fully saturated rings. The van der Waals surface area contributed by atoms with Crippen molar-refractivity contribution in [1.29, 1.82) is 0 Å². The summed E-state index contributed by atoms with van der Waals surface area (Å²) in [7, 11) is 0. The molecule has 2 rings (SSSR count). The molecule has 3 heteroatoms. The molecule has 0 aromatic carbocycles. The lowest BCUT2D eigenvalue weighted by atomic mass is 9.85. The molecule has 0 radical (unpaired) electrons. The quantitative estimate of drug-likeness (QED) is 0.693. The molecule has 1 N–H and O–H groups in total. The van der Waals surface area contributed by atoms with Crippen molar-refractivity contribution < 1.29 is 9.53 Å². The number of nitrogens with one attached hydrogen (secondary N) is 1. The second-order valence-corrected chi connectivity index (χ2v) is 5.72. The van der Waals surface area contributed by atoms with Crippen molar-refractivity contribution in [3.8, 4) is 0 Å². The topological polar surface area (TPSA) is 38.3 Å². The first-order valence-electron chi connectivity index (χ1n) is 6.14. The monoisotopic (exact) mass is 223 g/mol. The Bertz CT molecular complexity index is 314. The van der Waals surface area contributed by atoms with Crippen LogP contribution in [0.5, 0.6) is 0 Å². The van der Waals surface area contributed by atoms with Gasteiger partial charge in [0.15, 0.2) is 0 Å². The van der Waals surface area contributed by atoms with Gasteiger partial charge in [0.05, 0.1) is 5.92 Å². The Morgan fingerprint density at radius 3 is 2.94 bits per heavy atom. The molecule has 1 aliphatic carbocycles. The summed E-state index contributed by atoms with van der Waals surface area (Å²) in [6.45, 7) is 6.51. The van der Waals surface area contributed by atoms with Crippen molar-refractivity contribution in [3.63, 3.8) is 0 Å². The van der Waals surface area contributed by atoms with E-state index < -0.39 is 0 Å². The Kier molecular flexibility index (Phi) is 2.96. The van der Waals surface area contributed by atoms with E-state index in [1.54, 1.807) is 0 Å². The molecule has 2 unspecified atom stereocenters. The minimum atomic E-state index is -0.377. The van der Waals surface area contributed by atoms with Crippen LogP contribution in [0.1, 0.15) is 40.0 Å². The maximum absolute atomic E-state index is 12.0. The van der Waals surface area contributed by atoms with E-state index in [0.717, 1.165) is 19.4 Å². The fraction of sp³-hybridized carbons (Fsp3) is 0.769. The predicted octanol–water partition coefficient (Wildman–Crippen LogP) is 2.23. The van der Waals surface area contributed by atoms with Crippen LogP contribution < -0.4 is 5.32 Å². The molecule has 1 saturated heterocycles. The van der Waals surface area contributed by atoms with Gasteiger partial charge in [-0.1, -0.05) is 6.08 Å². The molecule has 16 heavy (non-hydrogen) atoms. The Labute approximate surface area is 97.2 Å². The highest BCUT2D eigenvalue weighted by Gasteiger charge is 2.39. The van der Waals surface area contributed by atoms with Gasteiger partial charge in [0.1, 0.15) is 5.60 Å². The van der Waals surface area contributed by atoms with E-state index in [0.29, 0.717) is 5.92 Å². The van der Waals surface area contributed by atoms with Crippen LogP contribution in [0.2, 0.25) is 0 Å². The van der Waals surface area contributed by atoms with E-state index in [4.69, 9.17) is 4.74 Å². The Morgan fingerprint density at radius 2 is 2.25 bits per heavy atom. The normalized spacial score (nSPS) is 29.1.